The van der Waals surface area contributed by atoms with E-state index in [2.05, 4.69) is 0 Å². The molecule has 2 aromatic carbocycles. The summed E-state index contributed by atoms with van der Waals surface area (Å²) in [6.45, 7) is 1.20. The van der Waals surface area contributed by atoms with Gasteiger partial charge < -0.3 is 19.1 Å². The number of carbonyl (C=O) groups is 1. The molecule has 1 aliphatic rings. The number of rotatable bonds is 6. The van der Waals surface area contributed by atoms with Gasteiger partial charge >= 0.3 is 0 Å². The van der Waals surface area contributed by atoms with E-state index in [1.807, 2.05) is 48.5 Å². The Morgan fingerprint density at radius 1 is 1.17 bits per heavy atom. The Bertz CT molecular complexity index is 727. The summed E-state index contributed by atoms with van der Waals surface area (Å²) < 4.78 is 15.7. The molecule has 5 nitrogen and oxygen atoms in total. The first-order valence-electron chi connectivity index (χ1n) is 7.71. The van der Waals surface area contributed by atoms with Crippen LogP contribution in [0.4, 0.5) is 5.69 Å². The minimum absolute atomic E-state index is 0.101. The number of para-hydroxylation sites is 1. The number of amides is 1. The average Bonchev–Trinajstić information content (AvgIpc) is 3.09. The highest BCUT2D eigenvalue weighted by atomic mass is 16.7. The third-order valence-electron chi connectivity index (χ3n) is 3.67. The molecule has 24 heavy (non-hydrogen) atoms. The molecule has 0 spiro atoms. The van der Waals surface area contributed by atoms with E-state index in [1.54, 1.807) is 24.2 Å². The summed E-state index contributed by atoms with van der Waals surface area (Å²) in [7, 11) is 1.62. The Balaban J connectivity index is 1.75. The molecule has 0 radical (unpaired) electrons. The molecule has 0 saturated heterocycles. The van der Waals surface area contributed by atoms with Gasteiger partial charge in [-0.3, -0.25) is 4.79 Å². The molecule has 1 heterocycles. The fourth-order valence-electron chi connectivity index (χ4n) is 2.43. The lowest BCUT2D eigenvalue weighted by atomic mass is 10.2. The number of hydrogen-bond acceptors (Lipinski definition) is 4. The van der Waals surface area contributed by atoms with Crippen molar-refractivity contribution in [2.75, 3.05) is 32.0 Å². The van der Waals surface area contributed by atoms with Crippen LogP contribution in [0.3, 0.4) is 0 Å². The number of anilines is 1. The fourth-order valence-corrected chi connectivity index (χ4v) is 2.43. The van der Waals surface area contributed by atoms with Gasteiger partial charge in [0.2, 0.25) is 6.79 Å². The zero-order valence-corrected chi connectivity index (χ0v) is 13.5. The first-order valence-corrected chi connectivity index (χ1v) is 7.71. The lowest BCUT2D eigenvalue weighted by molar-refractivity contribution is -0.114. The van der Waals surface area contributed by atoms with E-state index < -0.39 is 0 Å². The molecule has 0 bridgehead atoms. The monoisotopic (exact) mass is 325 g/mol. The standard InChI is InChI=1S/C19H19NO4/c1-22-12-11-20(16-5-3-2-4-6-16)19(21)10-8-15-7-9-17-18(13-15)24-14-23-17/h2-10,13H,11-12,14H2,1H3/b10-8+. The molecule has 124 valence electrons. The third kappa shape index (κ3) is 3.75. The van der Waals surface area contributed by atoms with Crippen LogP contribution in [0.15, 0.2) is 54.6 Å². The fraction of sp³-hybridized carbons (Fsp3) is 0.211. The number of hydrogen-bond donors (Lipinski definition) is 0. The molecule has 0 fully saturated rings. The lowest BCUT2D eigenvalue weighted by Gasteiger charge is -2.20. The molecule has 1 amide bonds. The van der Waals surface area contributed by atoms with Gasteiger partial charge in [-0.15, -0.1) is 0 Å². The van der Waals surface area contributed by atoms with Crippen LogP contribution in [0.5, 0.6) is 11.5 Å². The number of ether oxygens (including phenoxy) is 3. The van der Waals surface area contributed by atoms with E-state index in [0.717, 1.165) is 17.0 Å². The summed E-state index contributed by atoms with van der Waals surface area (Å²) in [6, 6.07) is 15.1. The maximum absolute atomic E-state index is 12.6. The highest BCUT2D eigenvalue weighted by molar-refractivity contribution is 6.03. The van der Waals surface area contributed by atoms with E-state index in [4.69, 9.17) is 14.2 Å². The van der Waals surface area contributed by atoms with E-state index in [-0.39, 0.29) is 12.7 Å². The number of fused-ring (bicyclic) bond motifs is 1. The Kier molecular flexibility index (Phi) is 5.13. The van der Waals surface area contributed by atoms with Gasteiger partial charge in [-0.25, -0.2) is 0 Å². The predicted molar refractivity (Wildman–Crippen MR) is 92.3 cm³/mol. The van der Waals surface area contributed by atoms with Gasteiger partial charge in [0.15, 0.2) is 11.5 Å². The Hall–Kier alpha value is -2.79. The average molecular weight is 325 g/mol. The summed E-state index contributed by atoms with van der Waals surface area (Å²) in [4.78, 5) is 14.3. The van der Waals surface area contributed by atoms with Crippen LogP contribution in [-0.2, 0) is 9.53 Å². The largest absolute Gasteiger partial charge is 0.454 e. The molecule has 0 atom stereocenters. The van der Waals surface area contributed by atoms with Gasteiger partial charge in [0.1, 0.15) is 0 Å². The van der Waals surface area contributed by atoms with Crippen LogP contribution in [0.1, 0.15) is 5.56 Å². The van der Waals surface area contributed by atoms with Crippen LogP contribution in [0.2, 0.25) is 0 Å². The second kappa shape index (κ2) is 7.66. The molecule has 5 heteroatoms. The van der Waals surface area contributed by atoms with E-state index >= 15 is 0 Å². The third-order valence-corrected chi connectivity index (χ3v) is 3.67. The van der Waals surface area contributed by atoms with Crippen molar-refractivity contribution >= 4 is 17.7 Å². The molecule has 1 aliphatic heterocycles. The van der Waals surface area contributed by atoms with Gasteiger partial charge in [-0.2, -0.15) is 0 Å². The quantitative estimate of drug-likeness (QED) is 0.766. The predicted octanol–water partition coefficient (Wildman–Crippen LogP) is 3.11. The summed E-state index contributed by atoms with van der Waals surface area (Å²) >= 11 is 0. The molecule has 0 aliphatic carbocycles. The number of carbonyl (C=O) groups excluding carboxylic acids is 1. The summed E-state index contributed by atoms with van der Waals surface area (Å²) in [6.07, 6.45) is 3.33. The van der Waals surface area contributed by atoms with Gasteiger partial charge in [0.05, 0.1) is 6.61 Å². The first-order chi connectivity index (χ1) is 11.8. The maximum atomic E-state index is 12.6. The van der Waals surface area contributed by atoms with Crippen molar-refractivity contribution in [2.45, 2.75) is 0 Å². The Morgan fingerprint density at radius 3 is 2.75 bits per heavy atom. The molecule has 3 rings (SSSR count). The van der Waals surface area contributed by atoms with Crippen LogP contribution in [0.25, 0.3) is 6.08 Å². The molecular weight excluding hydrogens is 306 g/mol. The second-order valence-corrected chi connectivity index (χ2v) is 5.26. The van der Waals surface area contributed by atoms with E-state index in [0.29, 0.717) is 18.9 Å². The van der Waals surface area contributed by atoms with Crippen LogP contribution in [0, 0.1) is 0 Å². The van der Waals surface area contributed by atoms with Crippen molar-refractivity contribution < 1.29 is 19.0 Å². The van der Waals surface area contributed by atoms with Crippen molar-refractivity contribution in [1.82, 2.24) is 0 Å². The molecule has 0 saturated carbocycles. The van der Waals surface area contributed by atoms with Crippen molar-refractivity contribution in [3.05, 3.63) is 60.2 Å². The highest BCUT2D eigenvalue weighted by Gasteiger charge is 2.14. The number of benzene rings is 2. The summed E-state index contributed by atoms with van der Waals surface area (Å²) in [5.74, 6) is 1.32. The van der Waals surface area contributed by atoms with Crippen molar-refractivity contribution in [3.63, 3.8) is 0 Å². The van der Waals surface area contributed by atoms with Crippen LogP contribution in [-0.4, -0.2) is 33.0 Å². The second-order valence-electron chi connectivity index (χ2n) is 5.26. The highest BCUT2D eigenvalue weighted by Crippen LogP contribution is 2.32. The molecule has 0 N–H and O–H groups in total. The Morgan fingerprint density at radius 2 is 1.96 bits per heavy atom. The van der Waals surface area contributed by atoms with Gasteiger partial charge in [-0.05, 0) is 35.9 Å². The van der Waals surface area contributed by atoms with Crippen LogP contribution < -0.4 is 14.4 Å². The van der Waals surface area contributed by atoms with E-state index in [9.17, 15) is 4.79 Å². The first kappa shape index (κ1) is 16.1. The number of nitrogens with zero attached hydrogens (tertiary/aromatic N) is 1. The molecule has 0 unspecified atom stereocenters. The van der Waals surface area contributed by atoms with Crippen molar-refractivity contribution in [1.29, 1.82) is 0 Å². The topological polar surface area (TPSA) is 48.0 Å². The summed E-state index contributed by atoms with van der Waals surface area (Å²) in [5, 5.41) is 0. The van der Waals surface area contributed by atoms with Gasteiger partial charge in [-0.1, -0.05) is 24.3 Å². The number of methoxy groups -OCH3 is 1. The van der Waals surface area contributed by atoms with Crippen molar-refractivity contribution in [2.24, 2.45) is 0 Å². The maximum Gasteiger partial charge on any atom is 0.251 e. The van der Waals surface area contributed by atoms with Crippen LogP contribution >= 0.6 is 0 Å². The minimum atomic E-state index is -0.101. The normalized spacial score (nSPS) is 12.5. The lowest BCUT2D eigenvalue weighted by Crippen LogP contribution is -2.32. The van der Waals surface area contributed by atoms with E-state index in [1.165, 1.54) is 0 Å². The zero-order chi connectivity index (χ0) is 16.8. The zero-order valence-electron chi connectivity index (χ0n) is 13.5. The SMILES string of the molecule is COCCN(C(=O)/C=C/c1ccc2c(c1)OCO2)c1ccccc1. The molecule has 0 aromatic heterocycles. The van der Waals surface area contributed by atoms with Gasteiger partial charge in [0, 0.05) is 25.4 Å². The minimum Gasteiger partial charge on any atom is -0.454 e. The molecular formula is C19H19NO4. The molecule has 2 aromatic rings. The Labute approximate surface area is 141 Å². The smallest absolute Gasteiger partial charge is 0.251 e. The van der Waals surface area contributed by atoms with Gasteiger partial charge in [0.25, 0.3) is 5.91 Å². The summed E-state index contributed by atoms with van der Waals surface area (Å²) in [5.41, 5.74) is 1.72. The van der Waals surface area contributed by atoms with Crippen molar-refractivity contribution in [3.8, 4) is 11.5 Å².